The van der Waals surface area contributed by atoms with E-state index in [0.717, 1.165) is 5.56 Å². The van der Waals surface area contributed by atoms with Gasteiger partial charge in [-0.1, -0.05) is 11.6 Å². The summed E-state index contributed by atoms with van der Waals surface area (Å²) < 4.78 is 10.4. The lowest BCUT2D eigenvalue weighted by Gasteiger charge is -2.19. The third kappa shape index (κ3) is 5.69. The van der Waals surface area contributed by atoms with Crippen LogP contribution in [0, 0.1) is 0 Å². The molecule has 134 valence electrons. The Hall–Kier alpha value is -2.18. The molecule has 0 fully saturated rings. The van der Waals surface area contributed by atoms with Crippen LogP contribution in [0.5, 0.6) is 5.75 Å². The normalized spacial score (nSPS) is 11.2. The van der Waals surface area contributed by atoms with Crippen LogP contribution in [-0.4, -0.2) is 35.2 Å². The molecule has 0 bridgehead atoms. The van der Waals surface area contributed by atoms with E-state index in [1.165, 1.54) is 0 Å². The van der Waals surface area contributed by atoms with Crippen LogP contribution in [0.15, 0.2) is 30.6 Å². The van der Waals surface area contributed by atoms with Crippen molar-refractivity contribution in [3.63, 3.8) is 0 Å². The number of benzene rings is 1. The maximum atomic E-state index is 11.8. The molecule has 1 aromatic carbocycles. The number of aromatic nitrogens is 2. The van der Waals surface area contributed by atoms with Crippen LogP contribution in [0.1, 0.15) is 26.5 Å². The summed E-state index contributed by atoms with van der Waals surface area (Å²) in [7, 11) is 1.58. The van der Waals surface area contributed by atoms with Gasteiger partial charge in [-0.2, -0.15) is 0 Å². The average molecular weight is 364 g/mol. The van der Waals surface area contributed by atoms with Crippen LogP contribution in [0.3, 0.4) is 0 Å². The lowest BCUT2D eigenvalue weighted by Crippen LogP contribution is -2.31. The Morgan fingerprint density at radius 2 is 1.96 bits per heavy atom. The van der Waals surface area contributed by atoms with Crippen molar-refractivity contribution in [3.05, 3.63) is 41.3 Å². The molecule has 2 aromatic rings. The van der Waals surface area contributed by atoms with E-state index in [0.29, 0.717) is 28.7 Å². The fourth-order valence-electron chi connectivity index (χ4n) is 2.20. The van der Waals surface area contributed by atoms with Crippen LogP contribution < -0.4 is 10.1 Å². The highest BCUT2D eigenvalue weighted by molar-refractivity contribution is 6.33. The molecule has 0 radical (unpaired) electrons. The lowest BCUT2D eigenvalue weighted by atomic mass is 10.1. The van der Waals surface area contributed by atoms with Crippen molar-refractivity contribution >= 4 is 17.6 Å². The Labute approximate surface area is 152 Å². The van der Waals surface area contributed by atoms with Crippen molar-refractivity contribution in [2.75, 3.05) is 13.7 Å². The fraction of sp³-hybridized carbons (Fsp3) is 0.389. The molecule has 0 atom stereocenters. The van der Waals surface area contributed by atoms with Gasteiger partial charge in [0, 0.05) is 24.5 Å². The molecule has 6 nitrogen and oxygen atoms in total. The number of halogens is 1. The predicted molar refractivity (Wildman–Crippen MR) is 96.6 cm³/mol. The molecular weight excluding hydrogens is 342 g/mol. The maximum absolute atomic E-state index is 11.8. The first-order chi connectivity index (χ1) is 11.8. The second-order valence-electron chi connectivity index (χ2n) is 6.39. The monoisotopic (exact) mass is 363 g/mol. The quantitative estimate of drug-likeness (QED) is 0.794. The molecule has 0 unspecified atom stereocenters. The summed E-state index contributed by atoms with van der Waals surface area (Å²) in [5.74, 6) is 0.350. The Morgan fingerprint density at radius 3 is 2.60 bits per heavy atom. The van der Waals surface area contributed by atoms with Gasteiger partial charge in [0.15, 0.2) is 0 Å². The molecule has 1 heterocycles. The Kier molecular flexibility index (Phi) is 6.33. The summed E-state index contributed by atoms with van der Waals surface area (Å²) in [6.07, 6.45) is 3.21. The number of methoxy groups -OCH3 is 1. The molecule has 0 saturated heterocycles. The molecule has 0 spiro atoms. The van der Waals surface area contributed by atoms with Gasteiger partial charge in [0.2, 0.25) is 0 Å². The second-order valence-corrected chi connectivity index (χ2v) is 6.79. The smallest absolute Gasteiger partial charge is 0.320 e. The highest BCUT2D eigenvalue weighted by atomic mass is 35.5. The molecule has 0 aliphatic heterocycles. The van der Waals surface area contributed by atoms with Crippen molar-refractivity contribution in [3.8, 4) is 17.0 Å². The molecule has 0 aliphatic rings. The third-order valence-electron chi connectivity index (χ3n) is 3.19. The first kappa shape index (κ1) is 19.1. The van der Waals surface area contributed by atoms with E-state index in [9.17, 15) is 4.79 Å². The van der Waals surface area contributed by atoms with Gasteiger partial charge in [-0.3, -0.25) is 14.8 Å². The summed E-state index contributed by atoms with van der Waals surface area (Å²) in [4.78, 5) is 20.5. The molecule has 7 heteroatoms. The zero-order chi connectivity index (χ0) is 18.4. The molecule has 0 amide bonds. The summed E-state index contributed by atoms with van der Waals surface area (Å²) in [6, 6.07) is 5.37. The summed E-state index contributed by atoms with van der Waals surface area (Å²) >= 11 is 6.33. The zero-order valence-electron chi connectivity index (χ0n) is 14.8. The van der Waals surface area contributed by atoms with Crippen LogP contribution in [0.4, 0.5) is 0 Å². The molecule has 0 saturated carbocycles. The zero-order valence-corrected chi connectivity index (χ0v) is 15.6. The van der Waals surface area contributed by atoms with E-state index < -0.39 is 5.60 Å². The van der Waals surface area contributed by atoms with Gasteiger partial charge < -0.3 is 14.8 Å². The van der Waals surface area contributed by atoms with Crippen LogP contribution in [0.25, 0.3) is 11.3 Å². The van der Waals surface area contributed by atoms with Gasteiger partial charge in [0.05, 0.1) is 30.1 Å². The first-order valence-electron chi connectivity index (χ1n) is 7.86. The van der Waals surface area contributed by atoms with Gasteiger partial charge in [0.1, 0.15) is 11.4 Å². The Morgan fingerprint density at radius 1 is 1.24 bits per heavy atom. The van der Waals surface area contributed by atoms with Crippen LogP contribution >= 0.6 is 11.6 Å². The standard InChI is InChI=1S/C18H22ClN3O3/c1-18(2,3)25-16(23)11-20-10-15-17(22-8-7-21-15)13-6-5-12(24-4)9-14(13)19/h5-9,20H,10-11H2,1-4H3. The van der Waals surface area contributed by atoms with Gasteiger partial charge in [-0.05, 0) is 39.0 Å². The van der Waals surface area contributed by atoms with E-state index >= 15 is 0 Å². The molecule has 1 N–H and O–H groups in total. The van der Waals surface area contributed by atoms with Crippen molar-refractivity contribution in [1.82, 2.24) is 15.3 Å². The predicted octanol–water partition coefficient (Wildman–Crippen LogP) is 3.24. The number of carbonyl (C=O) groups excluding carboxylic acids is 1. The van der Waals surface area contributed by atoms with Gasteiger partial charge >= 0.3 is 5.97 Å². The highest BCUT2D eigenvalue weighted by Crippen LogP contribution is 2.31. The van der Waals surface area contributed by atoms with E-state index in [-0.39, 0.29) is 12.5 Å². The minimum Gasteiger partial charge on any atom is -0.497 e. The maximum Gasteiger partial charge on any atom is 0.320 e. The SMILES string of the molecule is COc1ccc(-c2nccnc2CNCC(=O)OC(C)(C)C)c(Cl)c1. The van der Waals surface area contributed by atoms with Crippen molar-refractivity contribution in [2.45, 2.75) is 32.9 Å². The number of rotatable bonds is 6. The van der Waals surface area contributed by atoms with Gasteiger partial charge in [-0.25, -0.2) is 0 Å². The molecule has 2 rings (SSSR count). The van der Waals surface area contributed by atoms with Crippen molar-refractivity contribution < 1.29 is 14.3 Å². The number of esters is 1. The number of carbonyl (C=O) groups is 1. The largest absolute Gasteiger partial charge is 0.497 e. The van der Waals surface area contributed by atoms with Crippen molar-refractivity contribution in [2.24, 2.45) is 0 Å². The minimum absolute atomic E-state index is 0.0869. The second kappa shape index (κ2) is 8.27. The minimum atomic E-state index is -0.507. The van der Waals surface area contributed by atoms with Gasteiger partial charge in [0.25, 0.3) is 0 Å². The summed E-state index contributed by atoms with van der Waals surface area (Å²) in [6.45, 7) is 5.94. The van der Waals surface area contributed by atoms with Crippen molar-refractivity contribution in [1.29, 1.82) is 0 Å². The van der Waals surface area contributed by atoms with E-state index in [1.807, 2.05) is 32.9 Å². The molecular formula is C18H22ClN3O3. The van der Waals surface area contributed by atoms with E-state index in [1.54, 1.807) is 25.6 Å². The third-order valence-corrected chi connectivity index (χ3v) is 3.50. The van der Waals surface area contributed by atoms with E-state index in [4.69, 9.17) is 21.1 Å². The highest BCUT2D eigenvalue weighted by Gasteiger charge is 2.16. The molecule has 1 aromatic heterocycles. The summed E-state index contributed by atoms with van der Waals surface area (Å²) in [5, 5.41) is 3.55. The number of nitrogens with zero attached hydrogens (tertiary/aromatic N) is 2. The summed E-state index contributed by atoms with van der Waals surface area (Å²) in [5.41, 5.74) is 1.60. The number of hydrogen-bond donors (Lipinski definition) is 1. The van der Waals surface area contributed by atoms with Gasteiger partial charge in [-0.15, -0.1) is 0 Å². The number of ether oxygens (including phenoxy) is 2. The fourth-order valence-corrected chi connectivity index (χ4v) is 2.46. The lowest BCUT2D eigenvalue weighted by molar-refractivity contribution is -0.153. The van der Waals surface area contributed by atoms with E-state index in [2.05, 4.69) is 15.3 Å². The number of nitrogens with one attached hydrogen (secondary N) is 1. The topological polar surface area (TPSA) is 73.3 Å². The Balaban J connectivity index is 2.10. The average Bonchev–Trinajstić information content (AvgIpc) is 2.53. The van der Waals surface area contributed by atoms with Crippen LogP contribution in [-0.2, 0) is 16.1 Å². The first-order valence-corrected chi connectivity index (χ1v) is 8.24. The molecule has 25 heavy (non-hydrogen) atoms. The Bertz CT molecular complexity index is 745. The van der Waals surface area contributed by atoms with Crippen LogP contribution in [0.2, 0.25) is 5.02 Å². The molecule has 0 aliphatic carbocycles. The number of hydrogen-bond acceptors (Lipinski definition) is 6.